The summed E-state index contributed by atoms with van der Waals surface area (Å²) in [5, 5.41) is 3.45. The summed E-state index contributed by atoms with van der Waals surface area (Å²) >= 11 is 0. The van der Waals surface area contributed by atoms with Gasteiger partial charge in [0.15, 0.2) is 0 Å². The molecule has 1 N–H and O–H groups in total. The summed E-state index contributed by atoms with van der Waals surface area (Å²) in [5.41, 5.74) is 2.55. The number of carbonyl (C=O) groups excluding carboxylic acids is 1. The average molecular weight is 380 g/mol. The quantitative estimate of drug-likeness (QED) is 0.881. The molecule has 6 nitrogen and oxygen atoms in total. The molecule has 2 fully saturated rings. The molecule has 6 heteroatoms. The van der Waals surface area contributed by atoms with Crippen molar-refractivity contribution in [1.29, 1.82) is 0 Å². The number of aryl methyl sites for hydroxylation is 1. The Labute approximate surface area is 167 Å². The fourth-order valence-corrected chi connectivity index (χ4v) is 4.14. The summed E-state index contributed by atoms with van der Waals surface area (Å²) in [6, 6.07) is 12.6. The van der Waals surface area contributed by atoms with Gasteiger partial charge in [-0.3, -0.25) is 4.79 Å². The van der Waals surface area contributed by atoms with E-state index < -0.39 is 0 Å². The van der Waals surface area contributed by atoms with E-state index >= 15 is 0 Å². The zero-order valence-electron chi connectivity index (χ0n) is 16.6. The van der Waals surface area contributed by atoms with Gasteiger partial charge in [-0.1, -0.05) is 37.5 Å². The van der Waals surface area contributed by atoms with Gasteiger partial charge in [-0.15, -0.1) is 0 Å². The van der Waals surface area contributed by atoms with Crippen molar-refractivity contribution in [3.8, 4) is 0 Å². The lowest BCUT2D eigenvalue weighted by molar-refractivity contribution is 0.0740. The van der Waals surface area contributed by atoms with Crippen LogP contribution in [0.2, 0.25) is 0 Å². The minimum absolute atomic E-state index is 0.00454. The monoisotopic (exact) mass is 379 g/mol. The number of anilines is 2. The number of piperazine rings is 1. The van der Waals surface area contributed by atoms with E-state index in [1.165, 1.54) is 24.9 Å². The van der Waals surface area contributed by atoms with Crippen LogP contribution in [0.4, 0.5) is 11.6 Å². The molecule has 1 aromatic heterocycles. The van der Waals surface area contributed by atoms with Gasteiger partial charge >= 0.3 is 0 Å². The lowest BCUT2D eigenvalue weighted by Gasteiger charge is -2.36. The predicted molar refractivity (Wildman–Crippen MR) is 112 cm³/mol. The molecular weight excluding hydrogens is 350 g/mol. The molecule has 1 saturated carbocycles. The number of amides is 1. The summed E-state index contributed by atoms with van der Waals surface area (Å²) in [6.07, 6.45) is 6.12. The highest BCUT2D eigenvalue weighted by atomic mass is 16.2. The summed E-state index contributed by atoms with van der Waals surface area (Å²) < 4.78 is 0. The summed E-state index contributed by atoms with van der Waals surface area (Å²) in [6.45, 7) is 5.03. The molecule has 2 aromatic rings. The Kier molecular flexibility index (Phi) is 5.74. The average Bonchev–Trinajstić information content (AvgIpc) is 2.74. The Morgan fingerprint density at radius 1 is 1.00 bits per heavy atom. The summed E-state index contributed by atoms with van der Waals surface area (Å²) in [7, 11) is 0. The van der Waals surface area contributed by atoms with Crippen molar-refractivity contribution < 1.29 is 4.79 Å². The first-order valence-corrected chi connectivity index (χ1v) is 10.4. The zero-order valence-corrected chi connectivity index (χ0v) is 16.6. The molecular formula is C22H29N5O. The van der Waals surface area contributed by atoms with E-state index in [1.54, 1.807) is 6.07 Å². The van der Waals surface area contributed by atoms with Crippen LogP contribution in [0.15, 0.2) is 36.4 Å². The third-order valence-corrected chi connectivity index (χ3v) is 5.70. The number of hydrogen-bond donors (Lipinski definition) is 1. The second-order valence-electron chi connectivity index (χ2n) is 7.81. The minimum atomic E-state index is 0.00454. The Morgan fingerprint density at radius 2 is 1.71 bits per heavy atom. The Bertz CT molecular complexity index is 796. The fraction of sp³-hybridized carbons (Fsp3) is 0.500. The molecule has 0 bridgehead atoms. The van der Waals surface area contributed by atoms with E-state index in [4.69, 9.17) is 0 Å². The molecule has 2 aliphatic rings. The van der Waals surface area contributed by atoms with E-state index in [0.29, 0.717) is 30.8 Å². The van der Waals surface area contributed by atoms with Crippen LogP contribution in [0.5, 0.6) is 0 Å². The van der Waals surface area contributed by atoms with Gasteiger partial charge in [0.1, 0.15) is 5.69 Å². The molecule has 0 radical (unpaired) electrons. The number of carbonyl (C=O) groups is 1. The molecule has 2 heterocycles. The van der Waals surface area contributed by atoms with Gasteiger partial charge in [0.25, 0.3) is 5.91 Å². The molecule has 1 aromatic carbocycles. The molecule has 1 aliphatic heterocycles. The lowest BCUT2D eigenvalue weighted by Crippen LogP contribution is -2.49. The van der Waals surface area contributed by atoms with Crippen LogP contribution < -0.4 is 10.2 Å². The molecule has 0 spiro atoms. The van der Waals surface area contributed by atoms with E-state index in [1.807, 2.05) is 17.9 Å². The maximum Gasteiger partial charge on any atom is 0.272 e. The minimum Gasteiger partial charge on any atom is -0.368 e. The van der Waals surface area contributed by atoms with Crippen molar-refractivity contribution in [3.05, 3.63) is 47.8 Å². The highest BCUT2D eigenvalue weighted by molar-refractivity contribution is 5.92. The third-order valence-electron chi connectivity index (χ3n) is 5.70. The molecule has 28 heavy (non-hydrogen) atoms. The number of para-hydroxylation sites is 1. The normalized spacial score (nSPS) is 18.2. The van der Waals surface area contributed by atoms with Gasteiger partial charge < -0.3 is 15.1 Å². The molecule has 1 amide bonds. The lowest BCUT2D eigenvalue weighted by atomic mass is 9.96. The topological polar surface area (TPSA) is 61.4 Å². The predicted octanol–water partition coefficient (Wildman–Crippen LogP) is 3.49. The second-order valence-corrected chi connectivity index (χ2v) is 7.81. The fourth-order valence-electron chi connectivity index (χ4n) is 4.14. The molecule has 1 saturated heterocycles. The standard InChI is InChI=1S/C22H29N5O/c1-17-16-20(25-22(23-17)24-18-8-4-2-5-9-18)21(28)27-14-12-26(13-15-27)19-10-6-3-7-11-19/h3,6-7,10-11,16,18H,2,4-5,8-9,12-15H2,1H3,(H,23,24,25). The van der Waals surface area contributed by atoms with Crippen LogP contribution in [0.1, 0.15) is 48.3 Å². The largest absolute Gasteiger partial charge is 0.368 e. The Hall–Kier alpha value is -2.63. The smallest absolute Gasteiger partial charge is 0.272 e. The number of aromatic nitrogens is 2. The van der Waals surface area contributed by atoms with Gasteiger partial charge in [-0.05, 0) is 38.0 Å². The SMILES string of the molecule is Cc1cc(C(=O)N2CCN(c3ccccc3)CC2)nc(NC2CCCCC2)n1. The Balaban J connectivity index is 1.40. The van der Waals surface area contributed by atoms with Gasteiger partial charge in [-0.2, -0.15) is 0 Å². The van der Waals surface area contributed by atoms with Crippen molar-refractivity contribution in [1.82, 2.24) is 14.9 Å². The highest BCUT2D eigenvalue weighted by Gasteiger charge is 2.24. The van der Waals surface area contributed by atoms with Crippen LogP contribution >= 0.6 is 0 Å². The number of rotatable bonds is 4. The van der Waals surface area contributed by atoms with E-state index in [0.717, 1.165) is 31.6 Å². The first-order valence-electron chi connectivity index (χ1n) is 10.4. The van der Waals surface area contributed by atoms with Crippen molar-refractivity contribution >= 4 is 17.5 Å². The van der Waals surface area contributed by atoms with E-state index in [9.17, 15) is 4.79 Å². The van der Waals surface area contributed by atoms with Crippen molar-refractivity contribution in [2.45, 2.75) is 45.1 Å². The van der Waals surface area contributed by atoms with Crippen molar-refractivity contribution in [3.63, 3.8) is 0 Å². The van der Waals surface area contributed by atoms with Gasteiger partial charge in [0.2, 0.25) is 5.95 Å². The summed E-state index contributed by atoms with van der Waals surface area (Å²) in [4.78, 5) is 26.3. The zero-order chi connectivity index (χ0) is 19.3. The highest BCUT2D eigenvalue weighted by Crippen LogP contribution is 2.21. The number of hydrogen-bond acceptors (Lipinski definition) is 5. The van der Waals surface area contributed by atoms with Crippen LogP contribution in [0.3, 0.4) is 0 Å². The van der Waals surface area contributed by atoms with Gasteiger partial charge in [0.05, 0.1) is 0 Å². The number of nitrogens with one attached hydrogen (secondary N) is 1. The van der Waals surface area contributed by atoms with Crippen molar-refractivity contribution in [2.75, 3.05) is 36.4 Å². The molecule has 148 valence electrons. The maximum atomic E-state index is 13.0. The molecule has 0 atom stereocenters. The van der Waals surface area contributed by atoms with Crippen LogP contribution in [-0.2, 0) is 0 Å². The molecule has 4 rings (SSSR count). The van der Waals surface area contributed by atoms with E-state index in [-0.39, 0.29) is 5.91 Å². The number of benzene rings is 1. The third kappa shape index (κ3) is 4.43. The van der Waals surface area contributed by atoms with Crippen LogP contribution in [0, 0.1) is 6.92 Å². The van der Waals surface area contributed by atoms with Gasteiger partial charge in [-0.25, -0.2) is 9.97 Å². The first kappa shape index (κ1) is 18.7. The van der Waals surface area contributed by atoms with Crippen LogP contribution in [0.25, 0.3) is 0 Å². The number of nitrogens with zero attached hydrogens (tertiary/aromatic N) is 4. The Morgan fingerprint density at radius 3 is 2.43 bits per heavy atom. The summed E-state index contributed by atoms with van der Waals surface area (Å²) in [5.74, 6) is 0.600. The van der Waals surface area contributed by atoms with Gasteiger partial charge in [0, 0.05) is 43.6 Å². The van der Waals surface area contributed by atoms with E-state index in [2.05, 4.69) is 44.5 Å². The first-order chi connectivity index (χ1) is 13.7. The van der Waals surface area contributed by atoms with Crippen molar-refractivity contribution in [2.24, 2.45) is 0 Å². The molecule has 1 aliphatic carbocycles. The maximum absolute atomic E-state index is 13.0. The van der Waals surface area contributed by atoms with Crippen LogP contribution in [-0.4, -0.2) is 53.0 Å². The second kappa shape index (κ2) is 8.59. The molecule has 0 unspecified atom stereocenters.